The van der Waals surface area contributed by atoms with Crippen LogP contribution in [0.4, 0.5) is 4.39 Å². The molecule has 0 saturated carbocycles. The van der Waals surface area contributed by atoms with E-state index >= 15 is 0 Å². The fourth-order valence-electron chi connectivity index (χ4n) is 3.84. The monoisotopic (exact) mass is 408 g/mol. The average Bonchev–Trinajstić information content (AvgIpc) is 2.82. The van der Waals surface area contributed by atoms with Gasteiger partial charge in [-0.1, -0.05) is 84.9 Å². The molecule has 0 aliphatic carbocycles. The quantitative estimate of drug-likeness (QED) is 0.275. The Bertz CT molecular complexity index is 1330. The van der Waals surface area contributed by atoms with Crippen molar-refractivity contribution in [2.45, 2.75) is 13.2 Å². The van der Waals surface area contributed by atoms with E-state index in [0.717, 1.165) is 33.0 Å². The molecule has 0 N–H and O–H groups in total. The molecule has 0 bridgehead atoms. The highest BCUT2D eigenvalue weighted by atomic mass is 19.1. The van der Waals surface area contributed by atoms with Crippen LogP contribution in [0.2, 0.25) is 0 Å². The van der Waals surface area contributed by atoms with Gasteiger partial charge in [-0.2, -0.15) is 0 Å². The highest BCUT2D eigenvalue weighted by Gasteiger charge is 2.17. The standard InChI is InChI=1S/C28H21FO2/c29-22-15-16-25-26(17-22)28(31-19-21-11-5-2-6-12-21)24-14-8-7-13-23(24)27(25)30-18-20-9-3-1-4-10-20/h1-17H,18-19H2. The zero-order valence-corrected chi connectivity index (χ0v) is 16.9. The SMILES string of the molecule is Fc1ccc2c(OCc3ccccc3)c3ccccc3c(OCc3ccccc3)c2c1. The Labute approximate surface area is 180 Å². The van der Waals surface area contributed by atoms with Crippen molar-refractivity contribution < 1.29 is 13.9 Å². The van der Waals surface area contributed by atoms with Gasteiger partial charge in [0.2, 0.25) is 0 Å². The van der Waals surface area contributed by atoms with E-state index in [1.54, 1.807) is 6.07 Å². The first-order chi connectivity index (χ1) is 15.3. The van der Waals surface area contributed by atoms with Crippen LogP contribution in [0.3, 0.4) is 0 Å². The summed E-state index contributed by atoms with van der Waals surface area (Å²) >= 11 is 0. The molecular weight excluding hydrogens is 387 g/mol. The predicted octanol–water partition coefficient (Wildman–Crippen LogP) is 7.29. The molecule has 0 spiro atoms. The van der Waals surface area contributed by atoms with Crippen LogP contribution < -0.4 is 9.47 Å². The average molecular weight is 408 g/mol. The largest absolute Gasteiger partial charge is 0.488 e. The topological polar surface area (TPSA) is 18.5 Å². The van der Waals surface area contributed by atoms with Gasteiger partial charge >= 0.3 is 0 Å². The fraction of sp³-hybridized carbons (Fsp3) is 0.0714. The number of hydrogen-bond donors (Lipinski definition) is 0. The van der Waals surface area contributed by atoms with E-state index in [-0.39, 0.29) is 5.82 Å². The number of halogens is 1. The van der Waals surface area contributed by atoms with E-state index in [0.29, 0.717) is 24.3 Å². The first-order valence-corrected chi connectivity index (χ1v) is 10.3. The first kappa shape index (κ1) is 19.1. The molecule has 0 fully saturated rings. The summed E-state index contributed by atoms with van der Waals surface area (Å²) in [5.41, 5.74) is 2.13. The maximum absolute atomic E-state index is 14.3. The minimum Gasteiger partial charge on any atom is -0.488 e. The van der Waals surface area contributed by atoms with Gasteiger partial charge in [-0.3, -0.25) is 0 Å². The van der Waals surface area contributed by atoms with E-state index < -0.39 is 0 Å². The Morgan fingerprint density at radius 1 is 0.484 bits per heavy atom. The molecule has 5 rings (SSSR count). The molecule has 2 nitrogen and oxygen atoms in total. The second kappa shape index (κ2) is 8.49. The maximum Gasteiger partial charge on any atom is 0.135 e. The lowest BCUT2D eigenvalue weighted by molar-refractivity contribution is 0.308. The van der Waals surface area contributed by atoms with Crippen molar-refractivity contribution in [1.29, 1.82) is 0 Å². The Balaban J connectivity index is 1.63. The summed E-state index contributed by atoms with van der Waals surface area (Å²) < 4.78 is 26.8. The summed E-state index contributed by atoms with van der Waals surface area (Å²) in [5.74, 6) is 1.10. The summed E-state index contributed by atoms with van der Waals surface area (Å²) in [4.78, 5) is 0. The number of fused-ring (bicyclic) bond motifs is 2. The molecule has 31 heavy (non-hydrogen) atoms. The van der Waals surface area contributed by atoms with E-state index in [1.165, 1.54) is 12.1 Å². The van der Waals surface area contributed by atoms with Crippen LogP contribution in [0.5, 0.6) is 11.5 Å². The van der Waals surface area contributed by atoms with Gasteiger partial charge in [-0.05, 0) is 29.3 Å². The molecule has 0 unspecified atom stereocenters. The molecule has 5 aromatic carbocycles. The first-order valence-electron chi connectivity index (χ1n) is 10.3. The summed E-state index contributed by atoms with van der Waals surface area (Å²) in [6.07, 6.45) is 0. The molecule has 0 atom stereocenters. The molecule has 5 aromatic rings. The van der Waals surface area contributed by atoms with E-state index in [2.05, 4.69) is 0 Å². The lowest BCUT2D eigenvalue weighted by Crippen LogP contribution is -2.00. The van der Waals surface area contributed by atoms with Gasteiger partial charge in [0.15, 0.2) is 0 Å². The van der Waals surface area contributed by atoms with Gasteiger partial charge in [0, 0.05) is 21.5 Å². The van der Waals surface area contributed by atoms with Crippen LogP contribution in [-0.2, 0) is 13.2 Å². The molecule has 0 aromatic heterocycles. The van der Waals surface area contributed by atoms with Crippen LogP contribution in [-0.4, -0.2) is 0 Å². The highest BCUT2D eigenvalue weighted by molar-refractivity contribution is 6.11. The Hall–Kier alpha value is -3.85. The van der Waals surface area contributed by atoms with Gasteiger partial charge in [-0.15, -0.1) is 0 Å². The molecular formula is C28H21FO2. The van der Waals surface area contributed by atoms with Crippen molar-refractivity contribution >= 4 is 21.5 Å². The molecule has 3 heteroatoms. The number of rotatable bonds is 6. The molecule has 0 heterocycles. The number of hydrogen-bond acceptors (Lipinski definition) is 2. The number of benzene rings is 5. The molecule has 0 aliphatic rings. The van der Waals surface area contributed by atoms with Crippen molar-refractivity contribution in [3.63, 3.8) is 0 Å². The number of ether oxygens (including phenoxy) is 2. The summed E-state index contributed by atoms with van der Waals surface area (Å²) in [6, 6.07) is 32.7. The van der Waals surface area contributed by atoms with E-state index in [9.17, 15) is 4.39 Å². The summed E-state index contributed by atoms with van der Waals surface area (Å²) in [7, 11) is 0. The van der Waals surface area contributed by atoms with Gasteiger partial charge < -0.3 is 9.47 Å². The van der Waals surface area contributed by atoms with Crippen LogP contribution in [0, 0.1) is 5.82 Å². The predicted molar refractivity (Wildman–Crippen MR) is 123 cm³/mol. The minimum atomic E-state index is -0.304. The normalized spacial score (nSPS) is 11.0. The Morgan fingerprint density at radius 3 is 1.48 bits per heavy atom. The molecule has 0 aliphatic heterocycles. The van der Waals surface area contributed by atoms with Crippen LogP contribution in [0.1, 0.15) is 11.1 Å². The lowest BCUT2D eigenvalue weighted by Gasteiger charge is -2.18. The molecule has 152 valence electrons. The van der Waals surface area contributed by atoms with Gasteiger partial charge in [0.25, 0.3) is 0 Å². The lowest BCUT2D eigenvalue weighted by atomic mass is 10.00. The highest BCUT2D eigenvalue weighted by Crippen LogP contribution is 2.43. The van der Waals surface area contributed by atoms with Crippen molar-refractivity contribution in [3.8, 4) is 11.5 Å². The summed E-state index contributed by atoms with van der Waals surface area (Å²) in [6.45, 7) is 0.836. The van der Waals surface area contributed by atoms with Crippen LogP contribution in [0.15, 0.2) is 103 Å². The van der Waals surface area contributed by atoms with Crippen LogP contribution >= 0.6 is 0 Å². The van der Waals surface area contributed by atoms with Crippen molar-refractivity contribution in [2.24, 2.45) is 0 Å². The third-order valence-electron chi connectivity index (χ3n) is 5.34. The van der Waals surface area contributed by atoms with E-state index in [4.69, 9.17) is 9.47 Å². The van der Waals surface area contributed by atoms with Crippen molar-refractivity contribution in [3.05, 3.63) is 120 Å². The zero-order valence-electron chi connectivity index (χ0n) is 16.9. The second-order valence-corrected chi connectivity index (χ2v) is 7.44. The third kappa shape index (κ3) is 3.95. The summed E-state index contributed by atoms with van der Waals surface area (Å²) in [5, 5.41) is 3.39. The van der Waals surface area contributed by atoms with Gasteiger partial charge in [0.05, 0.1) is 0 Å². The molecule has 0 radical (unpaired) electrons. The maximum atomic E-state index is 14.3. The Kier molecular flexibility index (Phi) is 5.24. The zero-order chi connectivity index (χ0) is 21.0. The van der Waals surface area contributed by atoms with Gasteiger partial charge in [0.1, 0.15) is 30.5 Å². The molecule has 0 saturated heterocycles. The van der Waals surface area contributed by atoms with E-state index in [1.807, 2.05) is 84.9 Å². The van der Waals surface area contributed by atoms with Crippen molar-refractivity contribution in [2.75, 3.05) is 0 Å². The smallest absolute Gasteiger partial charge is 0.135 e. The van der Waals surface area contributed by atoms with Crippen molar-refractivity contribution in [1.82, 2.24) is 0 Å². The van der Waals surface area contributed by atoms with Gasteiger partial charge in [-0.25, -0.2) is 4.39 Å². The second-order valence-electron chi connectivity index (χ2n) is 7.44. The van der Waals surface area contributed by atoms with Crippen LogP contribution in [0.25, 0.3) is 21.5 Å². The minimum absolute atomic E-state index is 0.304. The third-order valence-corrected chi connectivity index (χ3v) is 5.34. The molecule has 0 amide bonds. The Morgan fingerprint density at radius 2 is 0.935 bits per heavy atom. The fourth-order valence-corrected chi connectivity index (χ4v) is 3.84.